The third-order valence-corrected chi connectivity index (χ3v) is 3.27. The van der Waals surface area contributed by atoms with E-state index in [1.165, 1.54) is 0 Å². The molecule has 3 nitrogen and oxygen atoms in total. The van der Waals surface area contributed by atoms with Crippen LogP contribution in [0.2, 0.25) is 0 Å². The highest BCUT2D eigenvalue weighted by Gasteiger charge is 2.44. The molecule has 2 aliphatic heterocycles. The van der Waals surface area contributed by atoms with Crippen LogP contribution in [0.4, 0.5) is 0 Å². The van der Waals surface area contributed by atoms with Gasteiger partial charge in [-0.05, 0) is 26.7 Å². The molecule has 1 N–H and O–H groups in total. The number of hydrogen-bond acceptors (Lipinski definition) is 3. The van der Waals surface area contributed by atoms with Crippen molar-refractivity contribution in [1.29, 1.82) is 0 Å². The fourth-order valence-corrected chi connectivity index (χ4v) is 2.73. The summed E-state index contributed by atoms with van der Waals surface area (Å²) >= 11 is 0. The summed E-state index contributed by atoms with van der Waals surface area (Å²) in [6.45, 7) is 5.63. The van der Waals surface area contributed by atoms with Gasteiger partial charge >= 0.3 is 0 Å². The Labute approximate surface area is 85.4 Å². The van der Waals surface area contributed by atoms with Crippen molar-refractivity contribution in [2.45, 2.75) is 56.8 Å². The zero-order valence-corrected chi connectivity index (χ0v) is 9.08. The maximum atomic E-state index is 9.68. The molecule has 2 rings (SSSR count). The van der Waals surface area contributed by atoms with Gasteiger partial charge in [-0.15, -0.1) is 0 Å². The molecule has 0 bridgehead atoms. The quantitative estimate of drug-likeness (QED) is 0.644. The van der Waals surface area contributed by atoms with Crippen LogP contribution in [0, 0.1) is 0 Å². The molecule has 0 aromatic rings. The topological polar surface area (TPSA) is 38.7 Å². The van der Waals surface area contributed by atoms with Gasteiger partial charge in [0.15, 0.2) is 0 Å². The highest BCUT2D eigenvalue weighted by Crippen LogP contribution is 2.40. The SMILES string of the molecule is CC1(C)CC2(CCO1)CC(O)CCO2. The molecular formula is C11H20O3. The standard InChI is InChI=1S/C11H20O3/c1-10(2)8-11(4-6-13-10)7-9(12)3-5-14-11/h9,12H,3-8H2,1-2H3. The number of aliphatic hydroxyl groups excluding tert-OH is 1. The van der Waals surface area contributed by atoms with E-state index in [1.54, 1.807) is 0 Å². The van der Waals surface area contributed by atoms with Crippen molar-refractivity contribution in [3.63, 3.8) is 0 Å². The van der Waals surface area contributed by atoms with Crippen molar-refractivity contribution >= 4 is 0 Å². The predicted molar refractivity (Wildman–Crippen MR) is 53.2 cm³/mol. The molecule has 14 heavy (non-hydrogen) atoms. The first kappa shape index (κ1) is 10.4. The molecule has 0 aromatic carbocycles. The largest absolute Gasteiger partial charge is 0.393 e. The highest BCUT2D eigenvalue weighted by atomic mass is 16.5. The van der Waals surface area contributed by atoms with Crippen LogP contribution < -0.4 is 0 Å². The fourth-order valence-electron chi connectivity index (χ4n) is 2.73. The van der Waals surface area contributed by atoms with Gasteiger partial charge in [0.05, 0.1) is 23.9 Å². The third-order valence-electron chi connectivity index (χ3n) is 3.27. The molecule has 2 heterocycles. The van der Waals surface area contributed by atoms with Crippen molar-refractivity contribution in [1.82, 2.24) is 0 Å². The molecule has 2 unspecified atom stereocenters. The normalized spacial score (nSPS) is 42.6. The second-order valence-electron chi connectivity index (χ2n) is 5.21. The number of aliphatic hydroxyl groups is 1. The van der Waals surface area contributed by atoms with Gasteiger partial charge in [0.2, 0.25) is 0 Å². The lowest BCUT2D eigenvalue weighted by Crippen LogP contribution is -2.51. The molecule has 2 fully saturated rings. The van der Waals surface area contributed by atoms with E-state index in [1.807, 2.05) is 0 Å². The van der Waals surface area contributed by atoms with E-state index in [2.05, 4.69) is 13.8 Å². The van der Waals surface area contributed by atoms with E-state index in [9.17, 15) is 5.11 Å². The van der Waals surface area contributed by atoms with Crippen LogP contribution >= 0.6 is 0 Å². The summed E-state index contributed by atoms with van der Waals surface area (Å²) in [7, 11) is 0. The number of rotatable bonds is 0. The molecule has 0 amide bonds. The van der Waals surface area contributed by atoms with Crippen molar-refractivity contribution < 1.29 is 14.6 Å². The lowest BCUT2D eigenvalue weighted by atomic mass is 9.78. The van der Waals surface area contributed by atoms with E-state index in [0.717, 1.165) is 32.3 Å². The maximum absolute atomic E-state index is 9.68. The average Bonchev–Trinajstić information content (AvgIpc) is 2.00. The summed E-state index contributed by atoms with van der Waals surface area (Å²) in [5.41, 5.74) is -0.214. The number of hydrogen-bond donors (Lipinski definition) is 1. The molecule has 82 valence electrons. The minimum atomic E-state index is -0.183. The maximum Gasteiger partial charge on any atom is 0.0756 e. The lowest BCUT2D eigenvalue weighted by molar-refractivity contribution is -0.200. The Bertz CT molecular complexity index is 211. The lowest BCUT2D eigenvalue weighted by Gasteiger charge is -2.47. The molecule has 2 aliphatic rings. The van der Waals surface area contributed by atoms with Crippen LogP contribution in [-0.2, 0) is 9.47 Å². The fraction of sp³-hybridized carbons (Fsp3) is 1.00. The Morgan fingerprint density at radius 3 is 2.64 bits per heavy atom. The summed E-state index contributed by atoms with van der Waals surface area (Å²) in [6.07, 6.45) is 3.20. The molecular weight excluding hydrogens is 180 g/mol. The second-order valence-corrected chi connectivity index (χ2v) is 5.21. The zero-order valence-electron chi connectivity index (χ0n) is 9.08. The van der Waals surface area contributed by atoms with E-state index in [-0.39, 0.29) is 17.3 Å². The first-order valence-electron chi connectivity index (χ1n) is 5.47. The van der Waals surface area contributed by atoms with Gasteiger partial charge < -0.3 is 14.6 Å². The first-order valence-corrected chi connectivity index (χ1v) is 5.47. The minimum Gasteiger partial charge on any atom is -0.393 e. The second kappa shape index (κ2) is 3.47. The van der Waals surface area contributed by atoms with Gasteiger partial charge in [-0.2, -0.15) is 0 Å². The van der Waals surface area contributed by atoms with Crippen LogP contribution in [-0.4, -0.2) is 35.6 Å². The van der Waals surface area contributed by atoms with Gasteiger partial charge in [-0.25, -0.2) is 0 Å². The monoisotopic (exact) mass is 200 g/mol. The van der Waals surface area contributed by atoms with Crippen molar-refractivity contribution in [3.05, 3.63) is 0 Å². The average molecular weight is 200 g/mol. The Balaban J connectivity index is 2.06. The first-order chi connectivity index (χ1) is 6.52. The molecule has 0 aliphatic carbocycles. The van der Waals surface area contributed by atoms with Gasteiger partial charge in [-0.3, -0.25) is 0 Å². The Hall–Kier alpha value is -0.120. The summed E-state index contributed by atoms with van der Waals surface area (Å²) in [6, 6.07) is 0. The van der Waals surface area contributed by atoms with Crippen LogP contribution in [0.3, 0.4) is 0 Å². The van der Waals surface area contributed by atoms with Crippen molar-refractivity contribution in [3.8, 4) is 0 Å². The summed E-state index contributed by atoms with van der Waals surface area (Å²) in [5, 5.41) is 9.68. The summed E-state index contributed by atoms with van der Waals surface area (Å²) in [5.74, 6) is 0. The van der Waals surface area contributed by atoms with E-state index >= 15 is 0 Å². The van der Waals surface area contributed by atoms with Gasteiger partial charge in [0.1, 0.15) is 0 Å². The Morgan fingerprint density at radius 2 is 2.00 bits per heavy atom. The van der Waals surface area contributed by atoms with Crippen LogP contribution in [0.25, 0.3) is 0 Å². The van der Waals surface area contributed by atoms with E-state index in [0.29, 0.717) is 6.61 Å². The predicted octanol–water partition coefficient (Wildman–Crippen LogP) is 1.49. The minimum absolute atomic E-state index is 0.102. The van der Waals surface area contributed by atoms with E-state index < -0.39 is 0 Å². The smallest absolute Gasteiger partial charge is 0.0756 e. The van der Waals surface area contributed by atoms with Crippen LogP contribution in [0.15, 0.2) is 0 Å². The molecule has 0 radical (unpaired) electrons. The molecule has 3 heteroatoms. The molecule has 0 aromatic heterocycles. The highest BCUT2D eigenvalue weighted by molar-refractivity contribution is 4.95. The molecule has 0 saturated carbocycles. The van der Waals surface area contributed by atoms with Crippen molar-refractivity contribution in [2.75, 3.05) is 13.2 Å². The van der Waals surface area contributed by atoms with Gasteiger partial charge in [0, 0.05) is 19.4 Å². The summed E-state index contributed by atoms with van der Waals surface area (Å²) < 4.78 is 11.5. The van der Waals surface area contributed by atoms with E-state index in [4.69, 9.17) is 9.47 Å². The van der Waals surface area contributed by atoms with Crippen molar-refractivity contribution in [2.24, 2.45) is 0 Å². The number of ether oxygens (including phenoxy) is 2. The third kappa shape index (κ3) is 2.10. The van der Waals surface area contributed by atoms with Crippen LogP contribution in [0.5, 0.6) is 0 Å². The molecule has 2 saturated heterocycles. The molecule has 1 spiro atoms. The van der Waals surface area contributed by atoms with Crippen LogP contribution in [0.1, 0.15) is 39.5 Å². The van der Waals surface area contributed by atoms with Gasteiger partial charge in [-0.1, -0.05) is 0 Å². The van der Waals surface area contributed by atoms with Gasteiger partial charge in [0.25, 0.3) is 0 Å². The summed E-state index contributed by atoms with van der Waals surface area (Å²) in [4.78, 5) is 0. The Kier molecular flexibility index (Phi) is 2.58. The zero-order chi connectivity index (χ0) is 10.2. The Morgan fingerprint density at radius 1 is 1.21 bits per heavy atom. The molecule has 2 atom stereocenters.